The van der Waals surface area contributed by atoms with Gasteiger partial charge in [0.25, 0.3) is 17.7 Å². The summed E-state index contributed by atoms with van der Waals surface area (Å²) in [5.74, 6) is 1.16. The Kier molecular flexibility index (Phi) is 15.6. The van der Waals surface area contributed by atoms with E-state index in [9.17, 15) is 61.5 Å². The number of nitrogens with zero attached hydrogens (tertiary/aromatic N) is 3. The lowest BCUT2D eigenvalue weighted by Crippen LogP contribution is -2.58. The van der Waals surface area contributed by atoms with Crippen molar-refractivity contribution in [3.63, 3.8) is 0 Å². The lowest BCUT2D eigenvalue weighted by Gasteiger charge is -2.38. The second-order valence-electron chi connectivity index (χ2n) is 19.4. The number of halogens is 2. The van der Waals surface area contributed by atoms with E-state index in [0.717, 1.165) is 33.9 Å². The highest BCUT2D eigenvalue weighted by Crippen LogP contribution is 2.59. The zero-order chi connectivity index (χ0) is 53.3. The molecule has 0 bridgehead atoms. The predicted molar refractivity (Wildman–Crippen MR) is 262 cm³/mol. The number of nitrogens with one attached hydrogen (secondary N) is 3. The number of alkyl halides is 2. The number of carbonyl (C=O) groups excluding carboxylic acids is 8. The number of imide groups is 2. The van der Waals surface area contributed by atoms with Gasteiger partial charge in [-0.05, 0) is 59.5 Å². The van der Waals surface area contributed by atoms with E-state index in [1.54, 1.807) is 37.8 Å². The van der Waals surface area contributed by atoms with Crippen molar-refractivity contribution in [2.24, 2.45) is 5.41 Å². The molecule has 5 heterocycles. The molecule has 1 aromatic heterocycles. The van der Waals surface area contributed by atoms with Crippen LogP contribution >= 0.6 is 18.9 Å². The molecular weight excluding hydrogens is 1010 g/mol. The molecule has 0 aliphatic carbocycles. The molecule has 3 saturated heterocycles. The van der Waals surface area contributed by atoms with Crippen LogP contribution in [0.3, 0.4) is 0 Å². The highest BCUT2D eigenvalue weighted by Gasteiger charge is 2.51. The first kappa shape index (κ1) is 53.6. The van der Waals surface area contributed by atoms with E-state index >= 15 is 0 Å². The van der Waals surface area contributed by atoms with Crippen LogP contribution < -0.4 is 16.0 Å². The van der Waals surface area contributed by atoms with Crippen molar-refractivity contribution >= 4 is 76.3 Å². The molecule has 74 heavy (non-hydrogen) atoms. The molecule has 390 valence electrons. The van der Waals surface area contributed by atoms with Crippen LogP contribution in [-0.2, 0) is 43.7 Å². The van der Waals surface area contributed by atoms with Gasteiger partial charge < -0.3 is 39.7 Å². The largest absolute Gasteiger partial charge is 0.399 e. The molecule has 23 heteroatoms. The molecule has 5 atom stereocenters. The third-order valence-electron chi connectivity index (χ3n) is 13.2. The third-order valence-corrected chi connectivity index (χ3v) is 15.3. The zero-order valence-electron chi connectivity index (χ0n) is 40.4. The Labute approximate surface area is 427 Å². The summed E-state index contributed by atoms with van der Waals surface area (Å²) in [5, 5.41) is 7.84. The maximum Gasteiger partial charge on any atom is 0.399 e. The highest BCUT2D eigenvalue weighted by atomic mass is 32.1. The number of morpholine rings is 1. The van der Waals surface area contributed by atoms with Crippen LogP contribution in [-0.4, -0.2) is 135 Å². The van der Waals surface area contributed by atoms with Crippen molar-refractivity contribution in [1.29, 1.82) is 0 Å². The Hall–Kier alpha value is -6.73. The second kappa shape index (κ2) is 21.6. The maximum atomic E-state index is 14.8. The number of carbonyl (C=O) groups is 8. The zero-order valence-corrected chi connectivity index (χ0v) is 42.1. The molecule has 2 unspecified atom stereocenters. The number of likely N-dealkylation sites (tertiary alicyclic amines) is 1. The van der Waals surface area contributed by atoms with Gasteiger partial charge in [0.05, 0.1) is 35.3 Å². The van der Waals surface area contributed by atoms with Crippen LogP contribution in [0.4, 0.5) is 8.78 Å². The van der Waals surface area contributed by atoms with Crippen LogP contribution in [0.25, 0.3) is 10.1 Å². The minimum absolute atomic E-state index is 0.0126. The van der Waals surface area contributed by atoms with E-state index in [4.69, 9.17) is 9.47 Å². The van der Waals surface area contributed by atoms with Crippen molar-refractivity contribution in [3.05, 3.63) is 105 Å². The molecule has 4 aromatic rings. The average molecular weight is 1060 g/mol. The molecule has 0 radical (unpaired) electrons. The molecular formula is C51H53F2N6O13PS. The molecule has 0 spiro atoms. The summed E-state index contributed by atoms with van der Waals surface area (Å²) in [5.41, 5.74) is -5.02. The van der Waals surface area contributed by atoms with E-state index in [2.05, 4.69) is 27.8 Å². The van der Waals surface area contributed by atoms with Gasteiger partial charge in [0, 0.05) is 54.7 Å². The number of hydrogen-bond acceptors (Lipinski definition) is 12. The van der Waals surface area contributed by atoms with Crippen molar-refractivity contribution < 1.29 is 71.0 Å². The number of benzene rings is 3. The van der Waals surface area contributed by atoms with Gasteiger partial charge in [0.2, 0.25) is 29.5 Å². The van der Waals surface area contributed by atoms with Gasteiger partial charge in [-0.1, -0.05) is 75.1 Å². The Balaban J connectivity index is 0.912. The second-order valence-corrected chi connectivity index (χ2v) is 22.1. The highest BCUT2D eigenvalue weighted by molar-refractivity contribution is 7.52. The molecule has 5 N–H and O–H groups in total. The summed E-state index contributed by atoms with van der Waals surface area (Å²) >= 11 is 0.924. The smallest absolute Gasteiger partial charge is 0.370 e. The van der Waals surface area contributed by atoms with Gasteiger partial charge in [-0.3, -0.25) is 53.1 Å². The Morgan fingerprint density at radius 3 is 2.46 bits per heavy atom. The van der Waals surface area contributed by atoms with E-state index in [1.807, 2.05) is 30.3 Å². The van der Waals surface area contributed by atoms with Crippen molar-refractivity contribution in [2.45, 2.75) is 88.9 Å². The van der Waals surface area contributed by atoms with E-state index < -0.39 is 103 Å². The molecule has 8 rings (SSSR count). The summed E-state index contributed by atoms with van der Waals surface area (Å²) < 4.78 is 53.1. The molecule has 4 aliphatic rings. The van der Waals surface area contributed by atoms with Crippen LogP contribution in [0.15, 0.2) is 72.8 Å². The number of piperidine rings is 1. The van der Waals surface area contributed by atoms with E-state index in [0.29, 0.717) is 16.7 Å². The maximum absolute atomic E-state index is 14.8. The monoisotopic (exact) mass is 1060 g/mol. The van der Waals surface area contributed by atoms with Gasteiger partial charge in [0.1, 0.15) is 30.8 Å². The lowest BCUT2D eigenvalue weighted by atomic mass is 9.85. The van der Waals surface area contributed by atoms with Crippen LogP contribution in [0, 0.1) is 17.3 Å². The average Bonchev–Trinajstić information content (AvgIpc) is 4.07. The summed E-state index contributed by atoms with van der Waals surface area (Å²) in [7, 11) is -5.87. The number of ether oxygens (including phenoxy) is 2. The first-order valence-corrected chi connectivity index (χ1v) is 26.2. The minimum atomic E-state index is -5.87. The van der Waals surface area contributed by atoms with Crippen LogP contribution in [0.5, 0.6) is 0 Å². The number of rotatable bonds is 14. The van der Waals surface area contributed by atoms with Gasteiger partial charge in [-0.15, -0.1) is 11.3 Å². The van der Waals surface area contributed by atoms with Crippen LogP contribution in [0.1, 0.15) is 106 Å². The van der Waals surface area contributed by atoms with Crippen molar-refractivity contribution in [2.75, 3.05) is 39.4 Å². The number of amides is 8. The fraction of sp³-hybridized carbons (Fsp3) is 0.412. The topological polar surface area (TPSA) is 258 Å². The number of unbranched alkanes of at least 4 members (excludes halogenated alkanes) is 1. The SMILES string of the molecule is CC(C)(C)[C@H](NC(=O)c1cc2cc(C(F)(F)P(=O)(O)O)ccc2s1)C(=O)N1C[C@@H](OCC(=O)NCCCC#Cc2cccc3c2C(=O)N(C2CCC(=O)NC2=O)C3=O)C[C@H]1C(=O)N1CCOC(c2ccccc2)C1. The van der Waals surface area contributed by atoms with Crippen molar-refractivity contribution in [3.8, 4) is 11.8 Å². The van der Waals surface area contributed by atoms with Gasteiger partial charge in [0.15, 0.2) is 0 Å². The minimum Gasteiger partial charge on any atom is -0.370 e. The first-order valence-electron chi connectivity index (χ1n) is 23.8. The molecule has 0 saturated carbocycles. The van der Waals surface area contributed by atoms with Crippen molar-refractivity contribution in [1.82, 2.24) is 30.7 Å². The molecule has 3 aromatic carbocycles. The first-order chi connectivity index (χ1) is 35.0. The number of fused-ring (bicyclic) bond motifs is 2. The van der Waals surface area contributed by atoms with Gasteiger partial charge >= 0.3 is 13.3 Å². The predicted octanol–water partition coefficient (Wildman–Crippen LogP) is 4.21. The van der Waals surface area contributed by atoms with Gasteiger partial charge in [-0.25, -0.2) is 0 Å². The third kappa shape index (κ3) is 11.3. The van der Waals surface area contributed by atoms with E-state index in [1.165, 1.54) is 23.1 Å². The van der Waals surface area contributed by atoms with Gasteiger partial charge in [-0.2, -0.15) is 8.78 Å². The number of hydrogen-bond donors (Lipinski definition) is 5. The summed E-state index contributed by atoms with van der Waals surface area (Å²) in [6.45, 7) is 5.47. The Morgan fingerprint density at radius 1 is 0.986 bits per heavy atom. The van der Waals surface area contributed by atoms with E-state index in [-0.39, 0.29) is 85.8 Å². The summed E-state index contributed by atoms with van der Waals surface area (Å²) in [4.78, 5) is 130. The molecule has 3 fully saturated rings. The Morgan fingerprint density at radius 2 is 1.74 bits per heavy atom. The molecule has 4 aliphatic heterocycles. The Bertz CT molecular complexity index is 3040. The molecule has 19 nitrogen and oxygen atoms in total. The fourth-order valence-corrected chi connectivity index (χ4v) is 10.7. The normalized spacial score (nSPS) is 20.7. The standard InChI is InChI=1S/C51H53F2N6O13PS/c1-50(2,3)43(56-45(63)39-24-31-23-32(16-18-38(31)74-39)51(52,53)73(68,69)70)49(67)58-26-33(25-36(58)47(65)57-21-22-71-37(27-57)29-11-6-4-7-12-29)72-28-41(61)54-20-9-5-8-13-30-14-10-15-34-42(30)48(66)59(46(34)64)35-17-19-40(60)55-44(35)62/h4,6-7,10-12,14-16,18,23-24,33,35-37,43H,5,9,17,19-22,25-28H2,1-3H3,(H,54,61)(H,56,63)(H,55,60,62)(H2,68,69,70)/t33-,35?,36-,37?,43+/m0/s1. The summed E-state index contributed by atoms with van der Waals surface area (Å²) in [6, 6.07) is 14.9. The lowest BCUT2D eigenvalue weighted by molar-refractivity contribution is -0.150. The summed E-state index contributed by atoms with van der Waals surface area (Å²) in [6.07, 6.45) is -0.522. The quantitative estimate of drug-likeness (QED) is 0.0514. The molecule has 8 amide bonds. The number of thiophene rings is 1. The fourth-order valence-electron chi connectivity index (χ4n) is 9.28. The van der Waals surface area contributed by atoms with Crippen LogP contribution in [0.2, 0.25) is 0 Å².